The van der Waals surface area contributed by atoms with E-state index in [1.54, 1.807) is 24.3 Å². The highest BCUT2D eigenvalue weighted by atomic mass is 16.5. The quantitative estimate of drug-likeness (QED) is 0.780. The summed E-state index contributed by atoms with van der Waals surface area (Å²) in [5.41, 5.74) is 6.83. The first-order valence-corrected chi connectivity index (χ1v) is 6.01. The number of benzene rings is 1. The molecule has 1 aliphatic rings. The van der Waals surface area contributed by atoms with Crippen LogP contribution >= 0.6 is 0 Å². The zero-order valence-corrected chi connectivity index (χ0v) is 9.82. The van der Waals surface area contributed by atoms with Crippen molar-refractivity contribution in [2.45, 2.75) is 25.4 Å². The number of carbonyl (C=O) groups excluding carboxylic acids is 1. The lowest BCUT2D eigenvalue weighted by atomic mass is 10.1. The van der Waals surface area contributed by atoms with Crippen molar-refractivity contribution in [2.24, 2.45) is 0 Å². The first-order valence-electron chi connectivity index (χ1n) is 6.01. The van der Waals surface area contributed by atoms with Crippen LogP contribution in [0.1, 0.15) is 29.6 Å². The van der Waals surface area contributed by atoms with Crippen molar-refractivity contribution in [1.29, 1.82) is 0 Å². The molecule has 4 heteroatoms. The van der Waals surface area contributed by atoms with Crippen LogP contribution in [0.15, 0.2) is 24.3 Å². The highest BCUT2D eigenvalue weighted by Crippen LogP contribution is 2.12. The van der Waals surface area contributed by atoms with E-state index in [0.29, 0.717) is 17.8 Å². The molecule has 1 heterocycles. The third kappa shape index (κ3) is 3.46. The lowest BCUT2D eigenvalue weighted by molar-refractivity contribution is 0.0169. The van der Waals surface area contributed by atoms with Gasteiger partial charge in [0.1, 0.15) is 0 Å². The predicted molar refractivity (Wildman–Crippen MR) is 66.8 cm³/mol. The third-order valence-corrected chi connectivity index (χ3v) is 2.91. The molecule has 1 aliphatic heterocycles. The number of nitrogens with one attached hydrogen (secondary N) is 1. The van der Waals surface area contributed by atoms with Gasteiger partial charge >= 0.3 is 0 Å². The SMILES string of the molecule is Nc1cccc(C(=O)NCC2CCCCO2)c1. The lowest BCUT2D eigenvalue weighted by Gasteiger charge is -2.22. The van der Waals surface area contributed by atoms with Crippen molar-refractivity contribution in [3.05, 3.63) is 29.8 Å². The fourth-order valence-electron chi connectivity index (χ4n) is 1.96. The molecule has 0 aromatic heterocycles. The summed E-state index contributed by atoms with van der Waals surface area (Å²) < 4.78 is 5.55. The maximum atomic E-state index is 11.8. The monoisotopic (exact) mass is 234 g/mol. The minimum atomic E-state index is -0.0912. The summed E-state index contributed by atoms with van der Waals surface area (Å²) in [4.78, 5) is 11.8. The van der Waals surface area contributed by atoms with E-state index in [4.69, 9.17) is 10.5 Å². The molecule has 92 valence electrons. The molecule has 4 nitrogen and oxygen atoms in total. The van der Waals surface area contributed by atoms with Gasteiger partial charge in [-0.05, 0) is 37.5 Å². The summed E-state index contributed by atoms with van der Waals surface area (Å²) in [5.74, 6) is -0.0912. The Morgan fingerprint density at radius 3 is 3.06 bits per heavy atom. The van der Waals surface area contributed by atoms with E-state index >= 15 is 0 Å². The van der Waals surface area contributed by atoms with Crippen molar-refractivity contribution in [1.82, 2.24) is 5.32 Å². The molecule has 1 amide bonds. The maximum Gasteiger partial charge on any atom is 0.251 e. The molecule has 2 rings (SSSR count). The lowest BCUT2D eigenvalue weighted by Crippen LogP contribution is -2.35. The molecular formula is C13H18N2O2. The largest absolute Gasteiger partial charge is 0.399 e. The second-order valence-corrected chi connectivity index (χ2v) is 4.32. The van der Waals surface area contributed by atoms with Gasteiger partial charge in [-0.2, -0.15) is 0 Å². The average molecular weight is 234 g/mol. The van der Waals surface area contributed by atoms with Crippen molar-refractivity contribution in [3.63, 3.8) is 0 Å². The molecule has 0 radical (unpaired) electrons. The van der Waals surface area contributed by atoms with Gasteiger partial charge in [0.05, 0.1) is 6.10 Å². The van der Waals surface area contributed by atoms with Crippen molar-refractivity contribution in [3.8, 4) is 0 Å². The molecule has 0 saturated carbocycles. The first kappa shape index (κ1) is 11.9. The Balaban J connectivity index is 1.84. The highest BCUT2D eigenvalue weighted by molar-refractivity contribution is 5.94. The van der Waals surface area contributed by atoms with E-state index in [9.17, 15) is 4.79 Å². The molecule has 1 unspecified atom stereocenters. The summed E-state index contributed by atoms with van der Waals surface area (Å²) in [6, 6.07) is 6.98. The van der Waals surface area contributed by atoms with Gasteiger partial charge in [-0.15, -0.1) is 0 Å². The predicted octanol–water partition coefficient (Wildman–Crippen LogP) is 1.57. The molecule has 17 heavy (non-hydrogen) atoms. The van der Waals surface area contributed by atoms with Crippen LogP contribution in [0.2, 0.25) is 0 Å². The number of amides is 1. The average Bonchev–Trinajstić information content (AvgIpc) is 2.37. The summed E-state index contributed by atoms with van der Waals surface area (Å²) in [5, 5.41) is 2.88. The van der Waals surface area contributed by atoms with E-state index in [2.05, 4.69) is 5.32 Å². The number of hydrogen-bond donors (Lipinski definition) is 2. The van der Waals surface area contributed by atoms with Crippen molar-refractivity contribution < 1.29 is 9.53 Å². The number of hydrogen-bond acceptors (Lipinski definition) is 3. The number of carbonyl (C=O) groups is 1. The van der Waals surface area contributed by atoms with Crippen LogP contribution in [0.3, 0.4) is 0 Å². The van der Waals surface area contributed by atoms with Gasteiger partial charge in [0.2, 0.25) is 0 Å². The van der Waals surface area contributed by atoms with Crippen LogP contribution in [0.25, 0.3) is 0 Å². The van der Waals surface area contributed by atoms with Gasteiger partial charge < -0.3 is 15.8 Å². The summed E-state index contributed by atoms with van der Waals surface area (Å²) >= 11 is 0. The third-order valence-electron chi connectivity index (χ3n) is 2.91. The maximum absolute atomic E-state index is 11.8. The van der Waals surface area contributed by atoms with Gasteiger partial charge in [-0.1, -0.05) is 6.07 Å². The molecule has 0 aliphatic carbocycles. The summed E-state index contributed by atoms with van der Waals surface area (Å²) in [6.45, 7) is 1.38. The Labute approximate surface area is 101 Å². The van der Waals surface area contributed by atoms with Crippen molar-refractivity contribution >= 4 is 11.6 Å². The molecular weight excluding hydrogens is 216 g/mol. The molecule has 1 saturated heterocycles. The number of nitrogen functional groups attached to an aromatic ring is 1. The molecule has 1 fully saturated rings. The molecule has 3 N–H and O–H groups in total. The van der Waals surface area contributed by atoms with Gasteiger partial charge in [0.15, 0.2) is 0 Å². The second-order valence-electron chi connectivity index (χ2n) is 4.32. The summed E-state index contributed by atoms with van der Waals surface area (Å²) in [6.07, 6.45) is 3.49. The Morgan fingerprint density at radius 2 is 2.35 bits per heavy atom. The molecule has 1 atom stereocenters. The Hall–Kier alpha value is -1.55. The van der Waals surface area contributed by atoms with Gasteiger partial charge in [0, 0.05) is 24.4 Å². The number of rotatable bonds is 3. The second kappa shape index (κ2) is 5.68. The summed E-state index contributed by atoms with van der Waals surface area (Å²) in [7, 11) is 0. The van der Waals surface area contributed by atoms with E-state index in [1.807, 2.05) is 0 Å². The van der Waals surface area contributed by atoms with Crippen LogP contribution in [0.5, 0.6) is 0 Å². The fourth-order valence-corrected chi connectivity index (χ4v) is 1.96. The molecule has 1 aromatic carbocycles. The van der Waals surface area contributed by atoms with Gasteiger partial charge in [-0.3, -0.25) is 4.79 Å². The topological polar surface area (TPSA) is 64.4 Å². The van der Waals surface area contributed by atoms with E-state index < -0.39 is 0 Å². The highest BCUT2D eigenvalue weighted by Gasteiger charge is 2.15. The Bertz CT molecular complexity index is 387. The van der Waals surface area contributed by atoms with Crippen LogP contribution in [0.4, 0.5) is 5.69 Å². The number of anilines is 1. The first-order chi connectivity index (χ1) is 8.25. The molecule has 1 aromatic rings. The zero-order valence-electron chi connectivity index (χ0n) is 9.82. The standard InChI is InChI=1S/C13H18N2O2/c14-11-5-3-4-10(8-11)13(16)15-9-12-6-1-2-7-17-12/h3-5,8,12H,1-2,6-7,9,14H2,(H,15,16). The van der Waals surface area contributed by atoms with Gasteiger partial charge in [-0.25, -0.2) is 0 Å². The van der Waals surface area contributed by atoms with E-state index in [-0.39, 0.29) is 12.0 Å². The van der Waals surface area contributed by atoms with Crippen LogP contribution < -0.4 is 11.1 Å². The minimum absolute atomic E-state index is 0.0912. The smallest absolute Gasteiger partial charge is 0.251 e. The molecule has 0 bridgehead atoms. The number of nitrogens with two attached hydrogens (primary N) is 1. The molecule has 0 spiro atoms. The van der Waals surface area contributed by atoms with Crippen LogP contribution in [-0.2, 0) is 4.74 Å². The Morgan fingerprint density at radius 1 is 1.47 bits per heavy atom. The fraction of sp³-hybridized carbons (Fsp3) is 0.462. The van der Waals surface area contributed by atoms with Gasteiger partial charge in [0.25, 0.3) is 5.91 Å². The normalized spacial score (nSPS) is 19.9. The van der Waals surface area contributed by atoms with E-state index in [0.717, 1.165) is 19.4 Å². The zero-order chi connectivity index (χ0) is 12.1. The van der Waals surface area contributed by atoms with Crippen LogP contribution in [0, 0.1) is 0 Å². The van der Waals surface area contributed by atoms with Crippen molar-refractivity contribution in [2.75, 3.05) is 18.9 Å². The van der Waals surface area contributed by atoms with E-state index in [1.165, 1.54) is 6.42 Å². The number of ether oxygens (including phenoxy) is 1. The Kier molecular flexibility index (Phi) is 3.98. The minimum Gasteiger partial charge on any atom is -0.399 e. The van der Waals surface area contributed by atoms with Crippen LogP contribution in [-0.4, -0.2) is 25.2 Å².